The number of carbonyl (C=O) groups is 1. The van der Waals surface area contributed by atoms with Gasteiger partial charge >= 0.3 is 0 Å². The van der Waals surface area contributed by atoms with Crippen molar-refractivity contribution in [2.24, 2.45) is 0 Å². The fraction of sp³-hybridized carbons (Fsp3) is 0.217. The third kappa shape index (κ3) is 5.04. The maximum Gasteiger partial charge on any atom is 0.221 e. The number of benzene rings is 1. The lowest BCUT2D eigenvalue weighted by Gasteiger charge is -2.10. The molecule has 0 spiro atoms. The second-order valence-corrected chi connectivity index (χ2v) is 8.50. The van der Waals surface area contributed by atoms with Crippen molar-refractivity contribution in [2.75, 3.05) is 5.73 Å². The molecule has 0 saturated heterocycles. The van der Waals surface area contributed by atoms with Gasteiger partial charge in [-0.1, -0.05) is 11.6 Å². The number of hydrogen-bond acceptors (Lipinski definition) is 6. The molecule has 3 aromatic rings. The highest BCUT2D eigenvalue weighted by molar-refractivity contribution is 7.11. The Morgan fingerprint density at radius 3 is 2.40 bits per heavy atom. The quantitative estimate of drug-likeness (QED) is 0.428. The molecule has 2 N–H and O–H groups in total. The zero-order valence-corrected chi connectivity index (χ0v) is 18.2. The SMILES string of the molecule is CC(C)=CC(=Cc1nc(N)nc(-c2ccc(F)cc2)c1C=O)Cc1sc(C)nc1C. The summed E-state index contributed by atoms with van der Waals surface area (Å²) >= 11 is 1.65. The zero-order valence-electron chi connectivity index (χ0n) is 17.4. The lowest BCUT2D eigenvalue weighted by molar-refractivity contribution is 0.112. The van der Waals surface area contributed by atoms with E-state index in [1.807, 2.05) is 33.8 Å². The largest absolute Gasteiger partial charge is 0.368 e. The van der Waals surface area contributed by atoms with Crippen LogP contribution < -0.4 is 5.73 Å². The smallest absolute Gasteiger partial charge is 0.221 e. The van der Waals surface area contributed by atoms with Gasteiger partial charge in [0.1, 0.15) is 5.82 Å². The molecule has 0 fully saturated rings. The summed E-state index contributed by atoms with van der Waals surface area (Å²) in [6.45, 7) is 8.00. The van der Waals surface area contributed by atoms with Gasteiger partial charge in [0.25, 0.3) is 0 Å². The van der Waals surface area contributed by atoms with Gasteiger partial charge in [-0.3, -0.25) is 4.79 Å². The molecule has 0 radical (unpaired) electrons. The Hall–Kier alpha value is -3.19. The number of nitrogens with zero attached hydrogens (tertiary/aromatic N) is 3. The van der Waals surface area contributed by atoms with Crippen LogP contribution in [0.25, 0.3) is 17.3 Å². The Labute approximate surface area is 179 Å². The van der Waals surface area contributed by atoms with Crippen LogP contribution in [0.5, 0.6) is 0 Å². The maximum absolute atomic E-state index is 13.3. The van der Waals surface area contributed by atoms with Crippen LogP contribution in [-0.4, -0.2) is 21.2 Å². The highest BCUT2D eigenvalue weighted by Crippen LogP contribution is 2.27. The minimum Gasteiger partial charge on any atom is -0.368 e. The van der Waals surface area contributed by atoms with Crippen molar-refractivity contribution in [2.45, 2.75) is 34.1 Å². The summed E-state index contributed by atoms with van der Waals surface area (Å²) in [6.07, 6.45) is 5.29. The van der Waals surface area contributed by atoms with Gasteiger partial charge in [0.05, 0.1) is 27.7 Å². The fourth-order valence-electron chi connectivity index (χ4n) is 3.17. The minimum atomic E-state index is -0.366. The Bertz CT molecular complexity index is 1140. The molecule has 1 aromatic carbocycles. The monoisotopic (exact) mass is 422 g/mol. The summed E-state index contributed by atoms with van der Waals surface area (Å²) in [4.78, 5) is 26.2. The highest BCUT2D eigenvalue weighted by Gasteiger charge is 2.15. The number of allylic oxidation sites excluding steroid dienone is 3. The van der Waals surface area contributed by atoms with Crippen molar-refractivity contribution in [1.29, 1.82) is 0 Å². The molecule has 3 rings (SSSR count). The minimum absolute atomic E-state index is 0.0486. The maximum atomic E-state index is 13.3. The molecule has 2 aromatic heterocycles. The molecule has 0 unspecified atom stereocenters. The number of anilines is 1. The number of aldehydes is 1. The number of aryl methyl sites for hydroxylation is 2. The van der Waals surface area contributed by atoms with Crippen molar-refractivity contribution in [1.82, 2.24) is 15.0 Å². The Morgan fingerprint density at radius 1 is 1.13 bits per heavy atom. The number of nitrogens with two attached hydrogens (primary N) is 1. The Morgan fingerprint density at radius 2 is 1.83 bits per heavy atom. The van der Waals surface area contributed by atoms with E-state index >= 15 is 0 Å². The standard InChI is InChI=1S/C23H23FN4OS/c1-13(2)9-16(11-21-14(3)26-15(4)30-21)10-20-19(12-29)22(28-23(25)27-20)17-5-7-18(24)8-6-17/h5-10,12H,11H2,1-4H3,(H2,25,27,28). The third-order valence-corrected chi connectivity index (χ3v) is 5.46. The molecule has 0 aliphatic heterocycles. The molecule has 0 amide bonds. The van der Waals surface area contributed by atoms with E-state index in [4.69, 9.17) is 5.73 Å². The molecule has 5 nitrogen and oxygen atoms in total. The summed E-state index contributed by atoms with van der Waals surface area (Å²) in [5.74, 6) is -0.317. The molecule has 30 heavy (non-hydrogen) atoms. The predicted molar refractivity (Wildman–Crippen MR) is 120 cm³/mol. The molecular formula is C23H23FN4OS. The number of carbonyl (C=O) groups excluding carboxylic acids is 1. The van der Waals surface area contributed by atoms with Crippen LogP contribution in [-0.2, 0) is 6.42 Å². The number of nitrogen functional groups attached to an aromatic ring is 1. The predicted octanol–water partition coefficient (Wildman–Crippen LogP) is 5.34. The normalized spacial score (nSPS) is 11.4. The summed E-state index contributed by atoms with van der Waals surface area (Å²) < 4.78 is 13.3. The molecule has 0 saturated carbocycles. The third-order valence-electron chi connectivity index (χ3n) is 4.39. The lowest BCUT2D eigenvalue weighted by atomic mass is 10.0. The van der Waals surface area contributed by atoms with E-state index in [1.54, 1.807) is 23.5 Å². The van der Waals surface area contributed by atoms with Gasteiger partial charge in [-0.15, -0.1) is 11.3 Å². The zero-order chi connectivity index (χ0) is 21.8. The molecular weight excluding hydrogens is 399 g/mol. The van der Waals surface area contributed by atoms with E-state index in [1.165, 1.54) is 12.1 Å². The first-order valence-corrected chi connectivity index (χ1v) is 10.3. The molecule has 7 heteroatoms. The van der Waals surface area contributed by atoms with E-state index in [0.717, 1.165) is 26.7 Å². The van der Waals surface area contributed by atoms with Crippen molar-refractivity contribution in [3.8, 4) is 11.3 Å². The van der Waals surface area contributed by atoms with Gasteiger partial charge in [-0.2, -0.15) is 0 Å². The average molecular weight is 423 g/mol. The van der Waals surface area contributed by atoms with E-state index in [9.17, 15) is 9.18 Å². The molecule has 0 atom stereocenters. The first kappa shape index (κ1) is 21.5. The van der Waals surface area contributed by atoms with E-state index in [0.29, 0.717) is 35.2 Å². The summed E-state index contributed by atoms with van der Waals surface area (Å²) in [5.41, 5.74) is 10.8. The van der Waals surface area contributed by atoms with Gasteiger partial charge in [-0.05, 0) is 63.6 Å². The molecule has 0 bridgehead atoms. The molecule has 2 heterocycles. The second-order valence-electron chi connectivity index (χ2n) is 7.21. The first-order chi connectivity index (χ1) is 14.3. The number of halogens is 1. The van der Waals surface area contributed by atoms with Crippen molar-refractivity contribution in [3.05, 3.63) is 74.1 Å². The van der Waals surface area contributed by atoms with Crippen LogP contribution in [0.15, 0.2) is 41.5 Å². The van der Waals surface area contributed by atoms with Gasteiger partial charge in [-0.25, -0.2) is 19.3 Å². The van der Waals surface area contributed by atoms with Gasteiger partial charge in [0.15, 0.2) is 6.29 Å². The van der Waals surface area contributed by atoms with Crippen LogP contribution in [0, 0.1) is 19.7 Å². The second kappa shape index (κ2) is 9.09. The van der Waals surface area contributed by atoms with Crippen LogP contribution in [0.4, 0.5) is 10.3 Å². The van der Waals surface area contributed by atoms with Crippen molar-refractivity contribution >= 4 is 29.6 Å². The van der Waals surface area contributed by atoms with E-state index in [2.05, 4.69) is 21.0 Å². The number of aromatic nitrogens is 3. The number of rotatable bonds is 6. The van der Waals surface area contributed by atoms with E-state index < -0.39 is 0 Å². The topological polar surface area (TPSA) is 81.8 Å². The lowest BCUT2D eigenvalue weighted by Crippen LogP contribution is -2.05. The Balaban J connectivity index is 2.14. The number of hydrogen-bond donors (Lipinski definition) is 1. The van der Waals surface area contributed by atoms with Crippen LogP contribution >= 0.6 is 11.3 Å². The summed E-state index contributed by atoms with van der Waals surface area (Å²) in [6, 6.07) is 5.78. The number of thiazole rings is 1. The molecule has 0 aliphatic rings. The van der Waals surface area contributed by atoms with Crippen LogP contribution in [0.3, 0.4) is 0 Å². The first-order valence-electron chi connectivity index (χ1n) is 9.44. The Kier molecular flexibility index (Phi) is 6.52. The average Bonchev–Trinajstić information content (AvgIpc) is 2.98. The highest BCUT2D eigenvalue weighted by atomic mass is 32.1. The van der Waals surface area contributed by atoms with Gasteiger partial charge < -0.3 is 5.73 Å². The van der Waals surface area contributed by atoms with E-state index in [-0.39, 0.29) is 11.8 Å². The van der Waals surface area contributed by atoms with Gasteiger partial charge in [0, 0.05) is 16.9 Å². The molecule has 154 valence electrons. The fourth-order valence-corrected chi connectivity index (χ4v) is 4.14. The summed E-state index contributed by atoms with van der Waals surface area (Å²) in [5, 5.41) is 1.01. The summed E-state index contributed by atoms with van der Waals surface area (Å²) in [7, 11) is 0. The van der Waals surface area contributed by atoms with Crippen molar-refractivity contribution < 1.29 is 9.18 Å². The van der Waals surface area contributed by atoms with Gasteiger partial charge in [0.2, 0.25) is 5.95 Å². The van der Waals surface area contributed by atoms with Crippen LogP contribution in [0.1, 0.15) is 45.5 Å². The molecule has 0 aliphatic carbocycles. The van der Waals surface area contributed by atoms with Crippen LogP contribution in [0.2, 0.25) is 0 Å². The van der Waals surface area contributed by atoms with Crippen molar-refractivity contribution in [3.63, 3.8) is 0 Å².